The molecule has 1 atom stereocenters. The first-order valence-corrected chi connectivity index (χ1v) is 4.20. The van der Waals surface area contributed by atoms with Gasteiger partial charge in [-0.2, -0.15) is 5.26 Å². The first kappa shape index (κ1) is 7.30. The molecule has 0 heterocycles. The summed E-state index contributed by atoms with van der Waals surface area (Å²) in [5.41, 5.74) is -0.0635. The van der Waals surface area contributed by atoms with Gasteiger partial charge in [0.05, 0.1) is 17.2 Å². The Balaban J connectivity index is 3.05. The molecule has 1 aromatic rings. The summed E-state index contributed by atoms with van der Waals surface area (Å²) in [5.74, 6) is -1.10. The van der Waals surface area contributed by atoms with Crippen molar-refractivity contribution in [2.45, 2.75) is 19.9 Å². The average molecular weight is 208 g/mol. The highest BCUT2D eigenvalue weighted by Crippen LogP contribution is 2.20. The quantitative estimate of drug-likeness (QED) is 0.825. The van der Waals surface area contributed by atoms with Crippen LogP contribution in [0.5, 0.6) is 5.75 Å². The first-order chi connectivity index (χ1) is 8.25. The zero-order chi connectivity index (χ0) is 13.9. The minimum absolute atomic E-state index is 0.00833. The number of carboxylic acid groups (broad SMARTS) is 1. The molecule has 1 aromatic carbocycles. The van der Waals surface area contributed by atoms with Gasteiger partial charge in [-0.25, -0.2) is 4.79 Å². The molecule has 4 heteroatoms. The highest BCUT2D eigenvalue weighted by Gasteiger charge is 2.09. The second-order valence-corrected chi connectivity index (χ2v) is 2.89. The Morgan fingerprint density at radius 3 is 3.00 bits per heavy atom. The third kappa shape index (κ3) is 2.71. The van der Waals surface area contributed by atoms with E-state index in [1.165, 1.54) is 19.1 Å². The zero-order valence-electron chi connectivity index (χ0n) is 11.0. The van der Waals surface area contributed by atoms with Crippen molar-refractivity contribution in [3.63, 3.8) is 0 Å². The molecule has 78 valence electrons. The number of carbonyl (C=O) groups is 1. The summed E-state index contributed by atoms with van der Waals surface area (Å²) in [6, 6.07) is 5.46. The van der Waals surface area contributed by atoms with Gasteiger partial charge in [-0.15, -0.1) is 0 Å². The second kappa shape index (κ2) is 4.47. The minimum Gasteiger partial charge on any atom is -0.490 e. The van der Waals surface area contributed by atoms with E-state index in [9.17, 15) is 4.79 Å². The lowest BCUT2D eigenvalue weighted by Gasteiger charge is -2.11. The van der Waals surface area contributed by atoms with Crippen LogP contribution in [0.25, 0.3) is 0 Å². The standard InChI is InChI=1S/C11H11NO3/c1-7(2)15-10-4-3-8(11(13)14)5-9(10)6-12/h3-5,7H,1-2H3,(H,13,14)/i1D3. The lowest BCUT2D eigenvalue weighted by atomic mass is 10.1. The van der Waals surface area contributed by atoms with E-state index in [1.807, 2.05) is 0 Å². The minimum atomic E-state index is -2.31. The molecule has 0 radical (unpaired) electrons. The largest absolute Gasteiger partial charge is 0.490 e. The van der Waals surface area contributed by atoms with Crippen molar-refractivity contribution in [3.8, 4) is 11.8 Å². The summed E-state index contributed by atoms with van der Waals surface area (Å²) in [6.07, 6.45) is -1.08. The fraction of sp³-hybridized carbons (Fsp3) is 0.273. The Hall–Kier alpha value is -2.02. The molecule has 0 aromatic heterocycles. The summed E-state index contributed by atoms with van der Waals surface area (Å²) >= 11 is 0. The number of hydrogen-bond acceptors (Lipinski definition) is 3. The van der Waals surface area contributed by atoms with Crippen LogP contribution < -0.4 is 4.74 Å². The second-order valence-electron chi connectivity index (χ2n) is 2.89. The third-order valence-corrected chi connectivity index (χ3v) is 1.65. The maximum Gasteiger partial charge on any atom is 0.335 e. The van der Waals surface area contributed by atoms with Crippen molar-refractivity contribution in [3.05, 3.63) is 29.3 Å². The summed E-state index contributed by atoms with van der Waals surface area (Å²) < 4.78 is 26.6. The van der Waals surface area contributed by atoms with E-state index in [2.05, 4.69) is 0 Å². The van der Waals surface area contributed by atoms with Crippen LogP contribution in [0.15, 0.2) is 18.2 Å². The van der Waals surface area contributed by atoms with Gasteiger partial charge >= 0.3 is 5.97 Å². The summed E-state index contributed by atoms with van der Waals surface area (Å²) in [6.45, 7) is -0.947. The molecule has 0 spiro atoms. The van der Waals surface area contributed by atoms with E-state index in [0.29, 0.717) is 0 Å². The monoisotopic (exact) mass is 208 g/mol. The van der Waals surface area contributed by atoms with Crippen molar-refractivity contribution >= 4 is 5.97 Å². The van der Waals surface area contributed by atoms with E-state index < -0.39 is 18.9 Å². The van der Waals surface area contributed by atoms with E-state index in [-0.39, 0.29) is 16.9 Å². The van der Waals surface area contributed by atoms with Crippen LogP contribution >= 0.6 is 0 Å². The molecule has 0 aliphatic carbocycles. The highest BCUT2D eigenvalue weighted by atomic mass is 16.5. The molecule has 1 rings (SSSR count). The van der Waals surface area contributed by atoms with Gasteiger partial charge in [-0.1, -0.05) is 0 Å². The summed E-state index contributed by atoms with van der Waals surface area (Å²) in [7, 11) is 0. The fourth-order valence-corrected chi connectivity index (χ4v) is 1.04. The number of carboxylic acids is 1. The van der Waals surface area contributed by atoms with Crippen LogP contribution in [0.4, 0.5) is 0 Å². The predicted molar refractivity (Wildman–Crippen MR) is 53.9 cm³/mol. The molecule has 1 unspecified atom stereocenters. The first-order valence-electron chi connectivity index (χ1n) is 5.70. The fourth-order valence-electron chi connectivity index (χ4n) is 1.04. The number of aromatic carboxylic acids is 1. The van der Waals surface area contributed by atoms with Crippen molar-refractivity contribution in [1.29, 1.82) is 5.26 Å². The van der Waals surface area contributed by atoms with Gasteiger partial charge in [-0.3, -0.25) is 0 Å². The third-order valence-electron chi connectivity index (χ3n) is 1.65. The van der Waals surface area contributed by atoms with Crippen molar-refractivity contribution in [1.82, 2.24) is 0 Å². The lowest BCUT2D eigenvalue weighted by Crippen LogP contribution is -2.07. The number of benzene rings is 1. The van der Waals surface area contributed by atoms with Gasteiger partial charge in [0.1, 0.15) is 11.8 Å². The van der Waals surface area contributed by atoms with E-state index in [0.717, 1.165) is 6.07 Å². The Morgan fingerprint density at radius 2 is 2.47 bits per heavy atom. The van der Waals surface area contributed by atoms with Gasteiger partial charge in [0.15, 0.2) is 0 Å². The number of rotatable bonds is 3. The Labute approximate surface area is 91.9 Å². The molecule has 0 saturated carbocycles. The molecule has 15 heavy (non-hydrogen) atoms. The molecular formula is C11H11NO3. The van der Waals surface area contributed by atoms with Crippen LogP contribution in [-0.2, 0) is 0 Å². The van der Waals surface area contributed by atoms with Crippen LogP contribution in [-0.4, -0.2) is 17.2 Å². The molecular weight excluding hydrogens is 194 g/mol. The Kier molecular flexibility index (Phi) is 2.17. The van der Waals surface area contributed by atoms with Crippen molar-refractivity contribution in [2.75, 3.05) is 0 Å². The highest BCUT2D eigenvalue weighted by molar-refractivity contribution is 5.88. The van der Waals surface area contributed by atoms with Crippen molar-refractivity contribution in [2.24, 2.45) is 0 Å². The Bertz CT molecular complexity index is 505. The van der Waals surface area contributed by atoms with Crippen LogP contribution in [0, 0.1) is 11.3 Å². The molecule has 1 N–H and O–H groups in total. The lowest BCUT2D eigenvalue weighted by molar-refractivity contribution is 0.0697. The topological polar surface area (TPSA) is 70.3 Å². The van der Waals surface area contributed by atoms with Crippen molar-refractivity contribution < 1.29 is 18.8 Å². The summed E-state index contributed by atoms with van der Waals surface area (Å²) in [4.78, 5) is 10.7. The van der Waals surface area contributed by atoms with Gasteiger partial charge < -0.3 is 9.84 Å². The van der Waals surface area contributed by atoms with Gasteiger partial charge in [-0.05, 0) is 32.0 Å². The van der Waals surface area contributed by atoms with Crippen LogP contribution in [0.3, 0.4) is 0 Å². The van der Waals surface area contributed by atoms with Crippen LogP contribution in [0.1, 0.15) is 33.8 Å². The van der Waals surface area contributed by atoms with Gasteiger partial charge in [0, 0.05) is 4.11 Å². The maximum atomic E-state index is 10.7. The van der Waals surface area contributed by atoms with Crippen LogP contribution in [0.2, 0.25) is 0 Å². The van der Waals surface area contributed by atoms with Gasteiger partial charge in [0.25, 0.3) is 0 Å². The Morgan fingerprint density at radius 1 is 1.73 bits per heavy atom. The molecule has 0 aliphatic rings. The van der Waals surface area contributed by atoms with E-state index in [4.69, 9.17) is 19.2 Å². The maximum absolute atomic E-state index is 10.7. The average Bonchev–Trinajstić information content (AvgIpc) is 2.27. The molecule has 0 amide bonds. The molecule has 0 aliphatic heterocycles. The number of nitrogens with zero attached hydrogens (tertiary/aromatic N) is 1. The van der Waals surface area contributed by atoms with E-state index in [1.54, 1.807) is 6.07 Å². The zero-order valence-corrected chi connectivity index (χ0v) is 8.02. The normalized spacial score (nSPS) is 15.3. The molecule has 0 bridgehead atoms. The smallest absolute Gasteiger partial charge is 0.335 e. The molecule has 0 fully saturated rings. The molecule has 0 saturated heterocycles. The predicted octanol–water partition coefficient (Wildman–Crippen LogP) is 2.04. The van der Waals surface area contributed by atoms with E-state index >= 15 is 0 Å². The number of hydrogen-bond donors (Lipinski definition) is 1. The molecule has 4 nitrogen and oxygen atoms in total. The number of nitriles is 1. The summed E-state index contributed by atoms with van der Waals surface area (Å²) in [5, 5.41) is 17.6. The number of ether oxygens (including phenoxy) is 1. The van der Waals surface area contributed by atoms with Gasteiger partial charge in [0.2, 0.25) is 0 Å². The SMILES string of the molecule is [2H]C([2H])([2H])C(C)Oc1ccc(C(=O)O)cc1C#N.